The number of rotatable bonds is 2. The van der Waals surface area contributed by atoms with E-state index in [9.17, 15) is 4.79 Å². The maximum Gasteiger partial charge on any atom is 0.274 e. The topological polar surface area (TPSA) is 76.8 Å². The van der Waals surface area contributed by atoms with Gasteiger partial charge in [-0.05, 0) is 25.7 Å². The second-order valence-electron chi connectivity index (χ2n) is 6.18. The van der Waals surface area contributed by atoms with E-state index in [1.807, 2.05) is 4.90 Å². The van der Waals surface area contributed by atoms with Crippen molar-refractivity contribution in [2.75, 3.05) is 6.54 Å². The third kappa shape index (κ3) is 2.60. The molecule has 1 fully saturated rings. The van der Waals surface area contributed by atoms with Crippen LogP contribution in [0.3, 0.4) is 0 Å². The molecule has 0 aliphatic carbocycles. The third-order valence-corrected chi connectivity index (χ3v) is 4.73. The Hall–Kier alpha value is -2.31. The normalized spacial score (nSPS) is 21.0. The summed E-state index contributed by atoms with van der Waals surface area (Å²) in [4.78, 5) is 22.8. The minimum absolute atomic E-state index is 0.00357. The van der Waals surface area contributed by atoms with Crippen LogP contribution in [0.4, 0.5) is 0 Å². The molecule has 4 rings (SSSR count). The number of fused-ring (bicyclic) bond motifs is 1. The number of aromatic nitrogens is 5. The van der Waals surface area contributed by atoms with Crippen LogP contribution in [0.1, 0.15) is 60.3 Å². The minimum Gasteiger partial charge on any atom is -0.327 e. The van der Waals surface area contributed by atoms with Crippen molar-refractivity contribution in [3.05, 3.63) is 35.9 Å². The van der Waals surface area contributed by atoms with Crippen molar-refractivity contribution in [3.8, 4) is 0 Å². The van der Waals surface area contributed by atoms with Gasteiger partial charge in [0.05, 0.1) is 12.2 Å². The highest BCUT2D eigenvalue weighted by molar-refractivity contribution is 5.92. The molecule has 1 amide bonds. The molecule has 4 heterocycles. The number of likely N-dealkylation sites (tertiary alicyclic amines) is 1. The van der Waals surface area contributed by atoms with Gasteiger partial charge in [0.2, 0.25) is 0 Å². The smallest absolute Gasteiger partial charge is 0.274 e. The Labute approximate surface area is 134 Å². The van der Waals surface area contributed by atoms with E-state index in [2.05, 4.69) is 24.7 Å². The Morgan fingerprint density at radius 3 is 2.91 bits per heavy atom. The van der Waals surface area contributed by atoms with Gasteiger partial charge in [-0.1, -0.05) is 6.42 Å². The van der Waals surface area contributed by atoms with E-state index in [-0.39, 0.29) is 11.9 Å². The zero-order valence-electron chi connectivity index (χ0n) is 13.1. The van der Waals surface area contributed by atoms with Crippen molar-refractivity contribution in [2.24, 2.45) is 0 Å². The third-order valence-electron chi connectivity index (χ3n) is 4.73. The highest BCUT2D eigenvalue weighted by atomic mass is 16.2. The summed E-state index contributed by atoms with van der Waals surface area (Å²) in [6.45, 7) is 1.70. The zero-order chi connectivity index (χ0) is 15.6. The van der Waals surface area contributed by atoms with Crippen LogP contribution in [0.25, 0.3) is 0 Å². The first-order chi connectivity index (χ1) is 11.3. The van der Waals surface area contributed by atoms with Gasteiger partial charge < -0.3 is 9.47 Å². The molecule has 0 radical (unpaired) electrons. The Morgan fingerprint density at radius 2 is 2.04 bits per heavy atom. The highest BCUT2D eigenvalue weighted by Crippen LogP contribution is 2.33. The average Bonchev–Trinajstić information content (AvgIpc) is 3.16. The maximum atomic E-state index is 12.8. The molecular weight excluding hydrogens is 292 g/mol. The van der Waals surface area contributed by atoms with E-state index in [0.29, 0.717) is 5.69 Å². The van der Waals surface area contributed by atoms with Crippen molar-refractivity contribution in [1.29, 1.82) is 0 Å². The molecule has 23 heavy (non-hydrogen) atoms. The van der Waals surface area contributed by atoms with Gasteiger partial charge in [0.15, 0.2) is 5.82 Å². The van der Waals surface area contributed by atoms with E-state index in [1.54, 1.807) is 12.4 Å². The van der Waals surface area contributed by atoms with Gasteiger partial charge in [-0.25, -0.2) is 4.98 Å². The first-order valence-electron chi connectivity index (χ1n) is 8.33. The second-order valence-corrected chi connectivity index (χ2v) is 6.18. The lowest BCUT2D eigenvalue weighted by Gasteiger charge is -2.24. The molecule has 7 heteroatoms. The standard InChI is InChI=1S/C16H20N6O/c23-16(12-11-17-7-8-18-12)21-10-4-5-13(21)15-20-19-14-6-2-1-3-9-22(14)15/h7-8,11,13H,1-6,9-10H2/t13-/m0/s1. The highest BCUT2D eigenvalue weighted by Gasteiger charge is 2.35. The van der Waals surface area contributed by atoms with E-state index in [1.165, 1.54) is 19.0 Å². The fourth-order valence-electron chi connectivity index (χ4n) is 3.59. The first-order valence-corrected chi connectivity index (χ1v) is 8.33. The van der Waals surface area contributed by atoms with Crippen LogP contribution < -0.4 is 0 Å². The van der Waals surface area contributed by atoms with Crippen molar-refractivity contribution in [1.82, 2.24) is 29.6 Å². The van der Waals surface area contributed by atoms with Crippen LogP contribution in [0.5, 0.6) is 0 Å². The zero-order valence-corrected chi connectivity index (χ0v) is 13.1. The van der Waals surface area contributed by atoms with E-state index in [0.717, 1.165) is 50.4 Å². The van der Waals surface area contributed by atoms with Crippen LogP contribution in [-0.2, 0) is 13.0 Å². The summed E-state index contributed by atoms with van der Waals surface area (Å²) in [7, 11) is 0. The molecule has 0 aromatic carbocycles. The molecule has 120 valence electrons. The van der Waals surface area contributed by atoms with Crippen LogP contribution in [0.15, 0.2) is 18.6 Å². The van der Waals surface area contributed by atoms with Gasteiger partial charge in [0, 0.05) is 31.9 Å². The molecule has 7 nitrogen and oxygen atoms in total. The molecule has 0 saturated carbocycles. The van der Waals surface area contributed by atoms with Gasteiger partial charge in [-0.2, -0.15) is 0 Å². The molecule has 0 spiro atoms. The Balaban J connectivity index is 1.64. The molecule has 0 bridgehead atoms. The average molecular weight is 312 g/mol. The van der Waals surface area contributed by atoms with Gasteiger partial charge in [-0.15, -0.1) is 10.2 Å². The number of nitrogens with zero attached hydrogens (tertiary/aromatic N) is 6. The first kappa shape index (κ1) is 14.3. The largest absolute Gasteiger partial charge is 0.327 e. The summed E-state index contributed by atoms with van der Waals surface area (Å²) >= 11 is 0. The predicted octanol–water partition coefficient (Wildman–Crippen LogP) is 1.77. The number of amides is 1. The van der Waals surface area contributed by atoms with Gasteiger partial charge in [0.1, 0.15) is 11.5 Å². The molecule has 2 aromatic heterocycles. The Bertz CT molecular complexity index is 698. The van der Waals surface area contributed by atoms with Crippen molar-refractivity contribution in [2.45, 2.75) is 51.1 Å². The number of hydrogen-bond donors (Lipinski definition) is 0. The quantitative estimate of drug-likeness (QED) is 0.844. The summed E-state index contributed by atoms with van der Waals surface area (Å²) in [5.74, 6) is 1.94. The van der Waals surface area contributed by atoms with E-state index < -0.39 is 0 Å². The van der Waals surface area contributed by atoms with Crippen LogP contribution in [-0.4, -0.2) is 42.1 Å². The van der Waals surface area contributed by atoms with Crippen molar-refractivity contribution >= 4 is 5.91 Å². The molecule has 1 atom stereocenters. The fourth-order valence-corrected chi connectivity index (χ4v) is 3.59. The number of carbonyl (C=O) groups excluding carboxylic acids is 1. The Kier molecular flexibility index (Phi) is 3.77. The molecule has 2 aromatic rings. The minimum atomic E-state index is -0.0634. The summed E-state index contributed by atoms with van der Waals surface area (Å²) in [5.41, 5.74) is 0.398. The van der Waals surface area contributed by atoms with E-state index in [4.69, 9.17) is 0 Å². The summed E-state index contributed by atoms with van der Waals surface area (Å²) in [6.07, 6.45) is 11.1. The second kappa shape index (κ2) is 6.06. The lowest BCUT2D eigenvalue weighted by molar-refractivity contribution is 0.0720. The molecule has 2 aliphatic rings. The summed E-state index contributed by atoms with van der Waals surface area (Å²) < 4.78 is 2.24. The number of aryl methyl sites for hydroxylation is 1. The fraction of sp³-hybridized carbons (Fsp3) is 0.562. The van der Waals surface area contributed by atoms with Crippen LogP contribution in [0, 0.1) is 0 Å². The van der Waals surface area contributed by atoms with Gasteiger partial charge in [-0.3, -0.25) is 9.78 Å². The number of hydrogen-bond acceptors (Lipinski definition) is 5. The SMILES string of the molecule is O=C(c1cnccn1)N1CCC[C@H]1c1nnc2n1CCCCC2. The lowest BCUT2D eigenvalue weighted by Crippen LogP contribution is -2.32. The molecular formula is C16H20N6O. The van der Waals surface area contributed by atoms with Crippen LogP contribution >= 0.6 is 0 Å². The Morgan fingerprint density at radius 1 is 1.09 bits per heavy atom. The monoisotopic (exact) mass is 312 g/mol. The van der Waals surface area contributed by atoms with Gasteiger partial charge in [0.25, 0.3) is 5.91 Å². The summed E-state index contributed by atoms with van der Waals surface area (Å²) in [6, 6.07) is 0.00357. The van der Waals surface area contributed by atoms with E-state index >= 15 is 0 Å². The predicted molar refractivity (Wildman–Crippen MR) is 82.6 cm³/mol. The molecule has 2 aliphatic heterocycles. The molecule has 0 unspecified atom stereocenters. The molecule has 1 saturated heterocycles. The summed E-state index contributed by atoms with van der Waals surface area (Å²) in [5, 5.41) is 8.81. The number of carbonyl (C=O) groups is 1. The van der Waals surface area contributed by atoms with Gasteiger partial charge >= 0.3 is 0 Å². The van der Waals surface area contributed by atoms with Crippen LogP contribution in [0.2, 0.25) is 0 Å². The molecule has 0 N–H and O–H groups in total. The maximum absolute atomic E-state index is 12.8. The lowest BCUT2D eigenvalue weighted by atomic mass is 10.2. The van der Waals surface area contributed by atoms with Crippen molar-refractivity contribution in [3.63, 3.8) is 0 Å². The van der Waals surface area contributed by atoms with Crippen molar-refractivity contribution < 1.29 is 4.79 Å².